The number of hydrogen-bond donors (Lipinski definition) is 0. The molecule has 0 atom stereocenters. The predicted molar refractivity (Wildman–Crippen MR) is 110 cm³/mol. The van der Waals surface area contributed by atoms with E-state index in [1.807, 2.05) is 31.2 Å². The maximum absolute atomic E-state index is 12.1. The van der Waals surface area contributed by atoms with Crippen LogP contribution in [-0.2, 0) is 14.3 Å². The highest BCUT2D eigenvalue weighted by atomic mass is 79.9. The number of rotatable bonds is 8. The third-order valence-corrected chi connectivity index (χ3v) is 5.58. The van der Waals surface area contributed by atoms with Gasteiger partial charge in [-0.2, -0.15) is 8.42 Å². The number of hydrogen-bond acceptors (Lipinski definition) is 5. The minimum Gasteiger partial charge on any atom is -0.491 e. The molecule has 146 valence electrons. The standard InChI is InChI=1S/C21H19BrO5S/c1-16-5-11-21(12-6-16)28(23,24)26-14-13-25-18-7-9-19(10-8-18)27-20-4-2-3-17(22)15-20/h2-12,15H,13-14H2,1H3. The lowest BCUT2D eigenvalue weighted by Gasteiger charge is -2.09. The summed E-state index contributed by atoms with van der Waals surface area (Å²) in [6.07, 6.45) is 0. The van der Waals surface area contributed by atoms with Crippen molar-refractivity contribution >= 4 is 26.0 Å². The second-order valence-corrected chi connectivity index (χ2v) is 8.50. The van der Waals surface area contributed by atoms with E-state index in [2.05, 4.69) is 15.9 Å². The van der Waals surface area contributed by atoms with Gasteiger partial charge in [-0.15, -0.1) is 0 Å². The molecule has 0 bridgehead atoms. The molecule has 0 aliphatic heterocycles. The number of benzene rings is 3. The smallest absolute Gasteiger partial charge is 0.297 e. The maximum Gasteiger partial charge on any atom is 0.297 e. The summed E-state index contributed by atoms with van der Waals surface area (Å²) >= 11 is 3.40. The van der Waals surface area contributed by atoms with Crippen molar-refractivity contribution in [1.82, 2.24) is 0 Å². The molecule has 0 aliphatic rings. The zero-order chi connectivity index (χ0) is 20.0. The second kappa shape index (κ2) is 9.23. The Bertz CT molecular complexity index is 1020. The molecule has 0 heterocycles. The van der Waals surface area contributed by atoms with Gasteiger partial charge in [-0.25, -0.2) is 0 Å². The van der Waals surface area contributed by atoms with Gasteiger partial charge in [-0.05, 0) is 61.5 Å². The van der Waals surface area contributed by atoms with Crippen LogP contribution in [0.1, 0.15) is 5.56 Å². The van der Waals surface area contributed by atoms with Crippen LogP contribution in [0.4, 0.5) is 0 Å². The average molecular weight is 463 g/mol. The van der Waals surface area contributed by atoms with Crippen molar-refractivity contribution in [2.75, 3.05) is 13.2 Å². The molecule has 0 unspecified atom stereocenters. The summed E-state index contributed by atoms with van der Waals surface area (Å²) in [6.45, 7) is 1.92. The molecule has 0 amide bonds. The van der Waals surface area contributed by atoms with Crippen LogP contribution in [0.5, 0.6) is 17.2 Å². The van der Waals surface area contributed by atoms with Crippen LogP contribution < -0.4 is 9.47 Å². The Morgan fingerprint density at radius 2 is 1.50 bits per heavy atom. The molecule has 0 spiro atoms. The highest BCUT2D eigenvalue weighted by Crippen LogP contribution is 2.26. The van der Waals surface area contributed by atoms with Crippen molar-refractivity contribution in [2.45, 2.75) is 11.8 Å². The van der Waals surface area contributed by atoms with Crippen molar-refractivity contribution in [3.63, 3.8) is 0 Å². The molecule has 3 aromatic rings. The summed E-state index contributed by atoms with van der Waals surface area (Å²) in [6, 6.07) is 21.1. The second-order valence-electron chi connectivity index (χ2n) is 5.97. The van der Waals surface area contributed by atoms with Crippen LogP contribution in [0.15, 0.2) is 82.2 Å². The van der Waals surface area contributed by atoms with Crippen molar-refractivity contribution in [2.24, 2.45) is 0 Å². The van der Waals surface area contributed by atoms with Crippen LogP contribution in [0.25, 0.3) is 0 Å². The van der Waals surface area contributed by atoms with Gasteiger partial charge >= 0.3 is 0 Å². The Morgan fingerprint density at radius 1 is 0.821 bits per heavy atom. The van der Waals surface area contributed by atoms with E-state index in [0.29, 0.717) is 11.5 Å². The molecule has 0 saturated heterocycles. The Hall–Kier alpha value is -2.35. The first-order chi connectivity index (χ1) is 13.4. The zero-order valence-electron chi connectivity index (χ0n) is 15.2. The highest BCUT2D eigenvalue weighted by molar-refractivity contribution is 9.10. The molecule has 7 heteroatoms. The summed E-state index contributed by atoms with van der Waals surface area (Å²) in [4.78, 5) is 0.132. The van der Waals surface area contributed by atoms with Crippen molar-refractivity contribution in [1.29, 1.82) is 0 Å². The minimum absolute atomic E-state index is 0.0769. The number of halogens is 1. The third kappa shape index (κ3) is 5.82. The van der Waals surface area contributed by atoms with E-state index in [1.165, 1.54) is 12.1 Å². The molecule has 5 nitrogen and oxygen atoms in total. The Balaban J connectivity index is 1.48. The van der Waals surface area contributed by atoms with Gasteiger partial charge in [0.1, 0.15) is 30.5 Å². The van der Waals surface area contributed by atoms with E-state index in [1.54, 1.807) is 36.4 Å². The first kappa shape index (κ1) is 20.4. The largest absolute Gasteiger partial charge is 0.491 e. The highest BCUT2D eigenvalue weighted by Gasteiger charge is 2.14. The predicted octanol–water partition coefficient (Wildman–Crippen LogP) is 5.33. The van der Waals surface area contributed by atoms with E-state index in [0.717, 1.165) is 15.8 Å². The molecular weight excluding hydrogens is 444 g/mol. The minimum atomic E-state index is -3.78. The third-order valence-electron chi connectivity index (χ3n) is 3.76. The summed E-state index contributed by atoms with van der Waals surface area (Å²) in [5.74, 6) is 1.99. The van der Waals surface area contributed by atoms with E-state index in [4.69, 9.17) is 13.7 Å². The van der Waals surface area contributed by atoms with Gasteiger partial charge in [0.15, 0.2) is 0 Å². The summed E-state index contributed by atoms with van der Waals surface area (Å²) in [7, 11) is -3.78. The Morgan fingerprint density at radius 3 is 2.18 bits per heavy atom. The van der Waals surface area contributed by atoms with E-state index >= 15 is 0 Å². The lowest BCUT2D eigenvalue weighted by molar-refractivity contribution is 0.221. The van der Waals surface area contributed by atoms with Crippen LogP contribution in [0.3, 0.4) is 0 Å². The van der Waals surface area contributed by atoms with Gasteiger partial charge in [0.25, 0.3) is 10.1 Å². The SMILES string of the molecule is Cc1ccc(S(=O)(=O)OCCOc2ccc(Oc3cccc(Br)c3)cc2)cc1. The molecule has 3 rings (SSSR count). The molecule has 0 aliphatic carbocycles. The lowest BCUT2D eigenvalue weighted by Crippen LogP contribution is -2.13. The van der Waals surface area contributed by atoms with Gasteiger partial charge in [0, 0.05) is 4.47 Å². The van der Waals surface area contributed by atoms with Gasteiger partial charge < -0.3 is 9.47 Å². The fraction of sp³-hybridized carbons (Fsp3) is 0.143. The monoisotopic (exact) mass is 462 g/mol. The fourth-order valence-corrected chi connectivity index (χ4v) is 3.62. The van der Waals surface area contributed by atoms with Crippen LogP contribution in [-0.4, -0.2) is 21.6 Å². The zero-order valence-corrected chi connectivity index (χ0v) is 17.6. The van der Waals surface area contributed by atoms with Gasteiger partial charge in [0.2, 0.25) is 0 Å². The van der Waals surface area contributed by atoms with E-state index in [-0.39, 0.29) is 18.1 Å². The fourth-order valence-electron chi connectivity index (χ4n) is 2.35. The molecule has 0 radical (unpaired) electrons. The first-order valence-electron chi connectivity index (χ1n) is 8.55. The number of aryl methyl sites for hydroxylation is 1. The summed E-state index contributed by atoms with van der Waals surface area (Å²) in [5.41, 5.74) is 0.981. The molecule has 0 N–H and O–H groups in total. The quantitative estimate of drug-likeness (QED) is 0.334. The van der Waals surface area contributed by atoms with Gasteiger partial charge in [-0.1, -0.05) is 39.7 Å². The maximum atomic E-state index is 12.1. The normalized spacial score (nSPS) is 11.2. The first-order valence-corrected chi connectivity index (χ1v) is 10.7. The van der Waals surface area contributed by atoms with Crippen LogP contribution in [0.2, 0.25) is 0 Å². The Kier molecular flexibility index (Phi) is 6.72. The summed E-state index contributed by atoms with van der Waals surface area (Å²) in [5, 5.41) is 0. The van der Waals surface area contributed by atoms with E-state index in [9.17, 15) is 8.42 Å². The van der Waals surface area contributed by atoms with Crippen molar-refractivity contribution in [3.8, 4) is 17.2 Å². The molecule has 0 aromatic heterocycles. The Labute approximate surface area is 173 Å². The van der Waals surface area contributed by atoms with Crippen LogP contribution in [0, 0.1) is 6.92 Å². The topological polar surface area (TPSA) is 61.8 Å². The molecule has 3 aromatic carbocycles. The number of ether oxygens (including phenoxy) is 2. The van der Waals surface area contributed by atoms with Crippen LogP contribution >= 0.6 is 15.9 Å². The van der Waals surface area contributed by atoms with Crippen molar-refractivity contribution < 1.29 is 22.1 Å². The molecule has 0 saturated carbocycles. The molecule has 0 fully saturated rings. The lowest BCUT2D eigenvalue weighted by atomic mass is 10.2. The van der Waals surface area contributed by atoms with Gasteiger partial charge in [0.05, 0.1) is 4.90 Å². The molecular formula is C21H19BrO5S. The van der Waals surface area contributed by atoms with Crippen molar-refractivity contribution in [3.05, 3.63) is 82.8 Å². The average Bonchev–Trinajstić information content (AvgIpc) is 2.67. The van der Waals surface area contributed by atoms with E-state index < -0.39 is 10.1 Å². The van der Waals surface area contributed by atoms with Gasteiger partial charge in [-0.3, -0.25) is 4.18 Å². The summed E-state index contributed by atoms with van der Waals surface area (Å²) < 4.78 is 41.4. The molecule has 28 heavy (non-hydrogen) atoms.